The summed E-state index contributed by atoms with van der Waals surface area (Å²) in [6.07, 6.45) is -0.349. The van der Waals surface area contributed by atoms with Crippen LogP contribution in [0.4, 0.5) is 5.69 Å². The Morgan fingerprint density at radius 1 is 1.33 bits per heavy atom. The van der Waals surface area contributed by atoms with Crippen LogP contribution in [-0.4, -0.2) is 42.3 Å². The quantitative estimate of drug-likeness (QED) is 0.812. The number of hydrogen-bond acceptors (Lipinski definition) is 3. The molecule has 18 heavy (non-hydrogen) atoms. The number of aliphatic hydroxyl groups is 1. The highest BCUT2D eigenvalue weighted by Crippen LogP contribution is 2.23. The van der Waals surface area contributed by atoms with E-state index in [9.17, 15) is 5.11 Å². The molecule has 4 heteroatoms. The van der Waals surface area contributed by atoms with E-state index in [0.29, 0.717) is 13.1 Å². The maximum Gasteiger partial charge on any atom is 0.0839 e. The Labute approximate surface area is 118 Å². The van der Waals surface area contributed by atoms with Gasteiger partial charge in [0, 0.05) is 23.2 Å². The molecule has 0 aliphatic heterocycles. The second-order valence-corrected chi connectivity index (χ2v) is 5.36. The molecule has 1 unspecified atom stereocenters. The number of nitrogens with zero attached hydrogens (tertiary/aromatic N) is 1. The van der Waals surface area contributed by atoms with Gasteiger partial charge in [-0.3, -0.25) is 0 Å². The van der Waals surface area contributed by atoms with E-state index in [2.05, 4.69) is 59.1 Å². The minimum absolute atomic E-state index is 0.349. The van der Waals surface area contributed by atoms with Gasteiger partial charge in [0.25, 0.3) is 0 Å². The van der Waals surface area contributed by atoms with Crippen molar-refractivity contribution in [2.24, 2.45) is 0 Å². The predicted molar refractivity (Wildman–Crippen MR) is 81.2 cm³/mol. The highest BCUT2D eigenvalue weighted by atomic mass is 79.9. The lowest BCUT2D eigenvalue weighted by Gasteiger charge is -2.22. The number of halogens is 1. The number of anilines is 1. The van der Waals surface area contributed by atoms with Crippen molar-refractivity contribution >= 4 is 21.6 Å². The minimum Gasteiger partial charge on any atom is -0.390 e. The number of rotatable bonds is 7. The maximum absolute atomic E-state index is 9.97. The normalized spacial score (nSPS) is 12.8. The van der Waals surface area contributed by atoms with E-state index >= 15 is 0 Å². The van der Waals surface area contributed by atoms with Crippen LogP contribution in [0.15, 0.2) is 22.7 Å². The van der Waals surface area contributed by atoms with Gasteiger partial charge in [-0.1, -0.05) is 19.9 Å². The molecule has 0 aliphatic carbocycles. The van der Waals surface area contributed by atoms with Crippen molar-refractivity contribution in [2.75, 3.05) is 31.5 Å². The van der Waals surface area contributed by atoms with E-state index in [-0.39, 0.29) is 6.10 Å². The van der Waals surface area contributed by atoms with Crippen LogP contribution in [0, 0.1) is 6.92 Å². The molecule has 0 aliphatic rings. The third-order valence-corrected chi connectivity index (χ3v) is 3.67. The molecule has 0 radical (unpaired) electrons. The molecular formula is C14H23BrN2O. The second-order valence-electron chi connectivity index (χ2n) is 4.50. The van der Waals surface area contributed by atoms with Gasteiger partial charge in [0.1, 0.15) is 0 Å². The first kappa shape index (κ1) is 15.5. The van der Waals surface area contributed by atoms with E-state index in [1.54, 1.807) is 0 Å². The Hall–Kier alpha value is -0.580. The van der Waals surface area contributed by atoms with Crippen LogP contribution in [0.5, 0.6) is 0 Å². The Bertz CT molecular complexity index is 367. The van der Waals surface area contributed by atoms with Crippen molar-refractivity contribution in [3.05, 3.63) is 28.2 Å². The Morgan fingerprint density at radius 2 is 2.00 bits per heavy atom. The molecule has 1 atom stereocenters. The van der Waals surface area contributed by atoms with Crippen LogP contribution in [0.2, 0.25) is 0 Å². The Morgan fingerprint density at radius 3 is 2.56 bits per heavy atom. The number of benzene rings is 1. The fourth-order valence-electron chi connectivity index (χ4n) is 1.84. The average Bonchev–Trinajstić information content (AvgIpc) is 2.35. The van der Waals surface area contributed by atoms with Crippen molar-refractivity contribution in [3.8, 4) is 0 Å². The molecular weight excluding hydrogens is 292 g/mol. The monoisotopic (exact) mass is 314 g/mol. The molecule has 1 rings (SSSR count). The summed E-state index contributed by atoms with van der Waals surface area (Å²) >= 11 is 3.52. The summed E-state index contributed by atoms with van der Waals surface area (Å²) in [6, 6.07) is 6.16. The molecule has 1 aromatic carbocycles. The summed E-state index contributed by atoms with van der Waals surface area (Å²) in [5.41, 5.74) is 2.25. The summed E-state index contributed by atoms with van der Waals surface area (Å²) in [7, 11) is 0. The van der Waals surface area contributed by atoms with E-state index in [0.717, 1.165) is 23.2 Å². The summed E-state index contributed by atoms with van der Waals surface area (Å²) in [5.74, 6) is 0. The summed E-state index contributed by atoms with van der Waals surface area (Å²) in [6.45, 7) is 9.51. The standard InChI is InChI=1S/C14H23BrN2O/c1-4-17(5-2)10-12(18)9-16-14-7-6-11(3)8-13(14)15/h6-8,12,16,18H,4-5,9-10H2,1-3H3. The zero-order valence-electron chi connectivity index (χ0n) is 11.4. The van der Waals surface area contributed by atoms with Crippen molar-refractivity contribution < 1.29 is 5.11 Å². The molecule has 0 heterocycles. The topological polar surface area (TPSA) is 35.5 Å². The van der Waals surface area contributed by atoms with Crippen LogP contribution in [-0.2, 0) is 0 Å². The zero-order valence-corrected chi connectivity index (χ0v) is 13.0. The molecule has 2 N–H and O–H groups in total. The second kappa shape index (κ2) is 7.77. The number of nitrogens with one attached hydrogen (secondary N) is 1. The molecule has 0 saturated heterocycles. The number of hydrogen-bond donors (Lipinski definition) is 2. The van der Waals surface area contributed by atoms with Crippen molar-refractivity contribution in [1.29, 1.82) is 0 Å². The molecule has 1 aromatic rings. The van der Waals surface area contributed by atoms with Gasteiger partial charge in [0.15, 0.2) is 0 Å². The molecule has 0 saturated carbocycles. The number of aliphatic hydroxyl groups excluding tert-OH is 1. The molecule has 3 nitrogen and oxygen atoms in total. The third-order valence-electron chi connectivity index (χ3n) is 3.02. The minimum atomic E-state index is -0.349. The van der Waals surface area contributed by atoms with Crippen molar-refractivity contribution in [2.45, 2.75) is 26.9 Å². The fraction of sp³-hybridized carbons (Fsp3) is 0.571. The molecule has 102 valence electrons. The van der Waals surface area contributed by atoms with Crippen LogP contribution < -0.4 is 5.32 Å². The Kier molecular flexibility index (Phi) is 6.68. The highest BCUT2D eigenvalue weighted by molar-refractivity contribution is 9.10. The molecule has 0 fully saturated rings. The molecule has 0 spiro atoms. The Balaban J connectivity index is 2.44. The van der Waals surface area contributed by atoms with Gasteiger partial charge in [-0.15, -0.1) is 0 Å². The van der Waals surface area contributed by atoms with Crippen LogP contribution in [0.25, 0.3) is 0 Å². The van der Waals surface area contributed by atoms with E-state index in [1.807, 2.05) is 6.07 Å². The lowest BCUT2D eigenvalue weighted by Crippen LogP contribution is -2.35. The van der Waals surface area contributed by atoms with Gasteiger partial charge in [-0.25, -0.2) is 0 Å². The molecule has 0 aromatic heterocycles. The van der Waals surface area contributed by atoms with E-state index in [1.165, 1.54) is 5.56 Å². The third kappa shape index (κ3) is 4.96. The first-order chi connectivity index (χ1) is 8.56. The molecule has 0 amide bonds. The van der Waals surface area contributed by atoms with Crippen LogP contribution >= 0.6 is 15.9 Å². The zero-order chi connectivity index (χ0) is 13.5. The summed E-state index contributed by atoms with van der Waals surface area (Å²) < 4.78 is 1.04. The van der Waals surface area contributed by atoms with Gasteiger partial charge in [0.05, 0.1) is 6.10 Å². The smallest absolute Gasteiger partial charge is 0.0839 e. The first-order valence-electron chi connectivity index (χ1n) is 6.47. The predicted octanol–water partition coefficient (Wildman–Crippen LogP) is 2.87. The molecule has 0 bridgehead atoms. The lowest BCUT2D eigenvalue weighted by atomic mass is 10.2. The van der Waals surface area contributed by atoms with Crippen LogP contribution in [0.3, 0.4) is 0 Å². The highest BCUT2D eigenvalue weighted by Gasteiger charge is 2.09. The van der Waals surface area contributed by atoms with E-state index < -0.39 is 0 Å². The summed E-state index contributed by atoms with van der Waals surface area (Å²) in [5, 5.41) is 13.2. The van der Waals surface area contributed by atoms with Gasteiger partial charge >= 0.3 is 0 Å². The number of aryl methyl sites for hydroxylation is 1. The largest absolute Gasteiger partial charge is 0.390 e. The summed E-state index contributed by atoms with van der Waals surface area (Å²) in [4.78, 5) is 2.22. The maximum atomic E-state index is 9.97. The SMILES string of the molecule is CCN(CC)CC(O)CNc1ccc(C)cc1Br. The first-order valence-corrected chi connectivity index (χ1v) is 7.26. The number of likely N-dealkylation sites (N-methyl/N-ethyl adjacent to an activating group) is 1. The van der Waals surface area contributed by atoms with Gasteiger partial charge in [-0.2, -0.15) is 0 Å². The van der Waals surface area contributed by atoms with Crippen molar-refractivity contribution in [1.82, 2.24) is 4.90 Å². The average molecular weight is 315 g/mol. The van der Waals surface area contributed by atoms with Crippen LogP contribution in [0.1, 0.15) is 19.4 Å². The van der Waals surface area contributed by atoms with Gasteiger partial charge in [0.2, 0.25) is 0 Å². The lowest BCUT2D eigenvalue weighted by molar-refractivity contribution is 0.128. The van der Waals surface area contributed by atoms with E-state index in [4.69, 9.17) is 0 Å². The van der Waals surface area contributed by atoms with Crippen molar-refractivity contribution in [3.63, 3.8) is 0 Å². The fourth-order valence-corrected chi connectivity index (χ4v) is 2.47. The van der Waals surface area contributed by atoms with Gasteiger partial charge < -0.3 is 15.3 Å². The van der Waals surface area contributed by atoms with Gasteiger partial charge in [-0.05, 0) is 53.6 Å².